The summed E-state index contributed by atoms with van der Waals surface area (Å²) in [6.07, 6.45) is -0.822. The number of carbonyl (C=O) groups excluding carboxylic acids is 3. The van der Waals surface area contributed by atoms with Gasteiger partial charge >= 0.3 is 11.9 Å². The Hall–Kier alpha value is -3.01. The minimum Gasteiger partial charge on any atom is -0.464 e. The molecule has 0 bridgehead atoms. The highest BCUT2D eigenvalue weighted by atomic mass is 16.5. The molecule has 1 N–H and O–H groups in total. The third-order valence-corrected chi connectivity index (χ3v) is 3.03. The minimum absolute atomic E-state index is 0.0488. The normalized spacial score (nSPS) is 11.2. The van der Waals surface area contributed by atoms with Gasteiger partial charge in [0, 0.05) is 6.92 Å². The van der Waals surface area contributed by atoms with Crippen molar-refractivity contribution in [2.45, 2.75) is 33.8 Å². The third-order valence-electron chi connectivity index (χ3n) is 3.03. The Kier molecular flexibility index (Phi) is 7.20. The lowest BCUT2D eigenvalue weighted by Gasteiger charge is -1.93. The Morgan fingerprint density at radius 3 is 1.77 bits per heavy atom. The summed E-state index contributed by atoms with van der Waals surface area (Å²) in [5.74, 6) is -0.796. The molecule has 0 saturated carbocycles. The number of aliphatic hydroxyl groups is 1. The topological polar surface area (TPSA) is 142 Å². The highest BCUT2D eigenvalue weighted by Crippen LogP contribution is 2.16. The molecule has 0 aromatic carbocycles. The molecule has 10 heteroatoms. The number of methoxy groups -OCH3 is 2. The van der Waals surface area contributed by atoms with Gasteiger partial charge in [0.05, 0.1) is 14.2 Å². The maximum Gasteiger partial charge on any atom is 0.360 e. The molecule has 0 spiro atoms. The standard InChI is InChI=1S/C8H11NO4.C8H9NO4/c2*1-4(10)7-9-6(5(2)13-7)8(11)12-3/h4,10H,1-3H3;1-3H3. The van der Waals surface area contributed by atoms with Gasteiger partial charge in [0.25, 0.3) is 5.89 Å². The molecule has 0 aliphatic heterocycles. The Bertz CT molecular complexity index is 803. The van der Waals surface area contributed by atoms with Crippen LogP contribution in [0.25, 0.3) is 0 Å². The number of aliphatic hydroxyl groups excluding tert-OH is 1. The Morgan fingerprint density at radius 2 is 1.42 bits per heavy atom. The van der Waals surface area contributed by atoms with Gasteiger partial charge in [-0.15, -0.1) is 0 Å². The van der Waals surface area contributed by atoms with Crippen molar-refractivity contribution in [1.82, 2.24) is 9.97 Å². The molecule has 0 aliphatic rings. The smallest absolute Gasteiger partial charge is 0.360 e. The van der Waals surface area contributed by atoms with E-state index >= 15 is 0 Å². The summed E-state index contributed by atoms with van der Waals surface area (Å²) in [5.41, 5.74) is 0.158. The fourth-order valence-corrected chi connectivity index (χ4v) is 1.71. The molecule has 142 valence electrons. The predicted molar refractivity (Wildman–Crippen MR) is 85.8 cm³/mol. The van der Waals surface area contributed by atoms with Gasteiger partial charge in [-0.05, 0) is 20.8 Å². The largest absolute Gasteiger partial charge is 0.464 e. The lowest BCUT2D eigenvalue weighted by molar-refractivity contribution is 0.0583. The average Bonchev–Trinajstić information content (AvgIpc) is 3.17. The van der Waals surface area contributed by atoms with Crippen molar-refractivity contribution in [2.24, 2.45) is 0 Å². The van der Waals surface area contributed by atoms with Crippen LogP contribution in [0.5, 0.6) is 0 Å². The van der Waals surface area contributed by atoms with Crippen LogP contribution in [0.4, 0.5) is 0 Å². The monoisotopic (exact) mass is 368 g/mol. The zero-order valence-electron chi connectivity index (χ0n) is 15.3. The zero-order valence-corrected chi connectivity index (χ0v) is 15.3. The zero-order chi connectivity index (χ0) is 20.0. The number of ether oxygens (including phenoxy) is 2. The summed E-state index contributed by atoms with van der Waals surface area (Å²) in [7, 11) is 2.50. The lowest BCUT2D eigenvalue weighted by atomic mass is 10.4. The number of hydrogen-bond acceptors (Lipinski definition) is 10. The minimum atomic E-state index is -0.822. The van der Waals surface area contributed by atoms with Gasteiger partial charge in [0.2, 0.25) is 11.7 Å². The molecule has 2 heterocycles. The van der Waals surface area contributed by atoms with Crippen molar-refractivity contribution in [3.63, 3.8) is 0 Å². The number of ketones is 1. The van der Waals surface area contributed by atoms with E-state index in [1.54, 1.807) is 13.8 Å². The van der Waals surface area contributed by atoms with Crippen LogP contribution in [0.15, 0.2) is 8.83 Å². The van der Waals surface area contributed by atoms with E-state index < -0.39 is 18.0 Å². The van der Waals surface area contributed by atoms with Gasteiger partial charge in [-0.2, -0.15) is 4.98 Å². The van der Waals surface area contributed by atoms with E-state index in [1.165, 1.54) is 28.1 Å². The molecule has 2 aromatic rings. The quantitative estimate of drug-likeness (QED) is 0.626. The van der Waals surface area contributed by atoms with Gasteiger partial charge in [0.15, 0.2) is 11.4 Å². The number of aryl methyl sites for hydroxylation is 2. The van der Waals surface area contributed by atoms with Crippen molar-refractivity contribution in [3.8, 4) is 0 Å². The number of esters is 2. The summed E-state index contributed by atoms with van der Waals surface area (Å²) in [6.45, 7) is 5.95. The first kappa shape index (κ1) is 21.0. The Balaban J connectivity index is 0.000000260. The van der Waals surface area contributed by atoms with Crippen molar-refractivity contribution in [3.05, 3.63) is 34.7 Å². The first-order valence-electron chi connectivity index (χ1n) is 7.42. The van der Waals surface area contributed by atoms with Crippen LogP contribution in [0.1, 0.15) is 69.0 Å². The third kappa shape index (κ3) is 4.99. The molecule has 26 heavy (non-hydrogen) atoms. The number of hydrogen-bond donors (Lipinski definition) is 1. The van der Waals surface area contributed by atoms with Gasteiger partial charge < -0.3 is 23.4 Å². The molecule has 0 fully saturated rings. The van der Waals surface area contributed by atoms with Gasteiger partial charge in [-0.25, -0.2) is 14.6 Å². The number of aromatic nitrogens is 2. The molecule has 0 amide bonds. The Labute approximate surface area is 149 Å². The van der Waals surface area contributed by atoms with Crippen molar-refractivity contribution >= 4 is 17.7 Å². The van der Waals surface area contributed by atoms with Gasteiger partial charge in [0.1, 0.15) is 17.6 Å². The second kappa shape index (κ2) is 8.90. The van der Waals surface area contributed by atoms with Crippen LogP contribution >= 0.6 is 0 Å². The molecule has 2 rings (SSSR count). The highest BCUT2D eigenvalue weighted by molar-refractivity contribution is 5.93. The number of rotatable bonds is 4. The molecule has 1 unspecified atom stereocenters. The second-order valence-electron chi connectivity index (χ2n) is 5.10. The lowest BCUT2D eigenvalue weighted by Crippen LogP contribution is -2.04. The molecule has 0 saturated heterocycles. The van der Waals surface area contributed by atoms with Crippen LogP contribution in [-0.4, -0.2) is 47.0 Å². The van der Waals surface area contributed by atoms with E-state index in [0.29, 0.717) is 5.76 Å². The maximum absolute atomic E-state index is 11.0. The van der Waals surface area contributed by atoms with E-state index in [9.17, 15) is 14.4 Å². The SMILES string of the molecule is COC(=O)c1nc(C(C)=O)oc1C.COC(=O)c1nc(C(C)O)oc1C. The van der Waals surface area contributed by atoms with E-state index in [2.05, 4.69) is 19.4 Å². The molecular formula is C16H20N2O8. The van der Waals surface area contributed by atoms with Crippen LogP contribution in [0.3, 0.4) is 0 Å². The average molecular weight is 368 g/mol. The summed E-state index contributed by atoms with van der Waals surface area (Å²) in [5, 5.41) is 9.11. The maximum atomic E-state index is 11.0. The fourth-order valence-electron chi connectivity index (χ4n) is 1.71. The van der Waals surface area contributed by atoms with Crippen molar-refractivity contribution < 1.29 is 37.8 Å². The number of Topliss-reactive ketones (excluding diaryl/α,β-unsaturated/α-hetero) is 1. The molecule has 0 radical (unpaired) electrons. The molecule has 2 aromatic heterocycles. The first-order chi connectivity index (χ1) is 12.1. The van der Waals surface area contributed by atoms with E-state index in [-0.39, 0.29) is 34.7 Å². The molecular weight excluding hydrogens is 348 g/mol. The van der Waals surface area contributed by atoms with Gasteiger partial charge in [-0.1, -0.05) is 0 Å². The summed E-state index contributed by atoms with van der Waals surface area (Å²) in [4.78, 5) is 40.3. The number of nitrogens with zero attached hydrogens (tertiary/aromatic N) is 2. The highest BCUT2D eigenvalue weighted by Gasteiger charge is 2.20. The van der Waals surface area contributed by atoms with Crippen molar-refractivity contribution in [1.29, 1.82) is 0 Å². The van der Waals surface area contributed by atoms with Crippen LogP contribution < -0.4 is 0 Å². The number of oxazole rings is 2. The Morgan fingerprint density at radius 1 is 0.962 bits per heavy atom. The summed E-state index contributed by atoms with van der Waals surface area (Å²) >= 11 is 0. The van der Waals surface area contributed by atoms with Crippen LogP contribution in [-0.2, 0) is 9.47 Å². The molecule has 0 aliphatic carbocycles. The first-order valence-corrected chi connectivity index (χ1v) is 7.42. The number of carbonyl (C=O) groups is 3. The van der Waals surface area contributed by atoms with Gasteiger partial charge in [-0.3, -0.25) is 4.79 Å². The summed E-state index contributed by atoms with van der Waals surface area (Å²) in [6, 6.07) is 0. The van der Waals surface area contributed by atoms with E-state index in [0.717, 1.165) is 0 Å². The molecule has 1 atom stereocenters. The van der Waals surface area contributed by atoms with E-state index in [4.69, 9.17) is 13.9 Å². The van der Waals surface area contributed by atoms with Crippen molar-refractivity contribution in [2.75, 3.05) is 14.2 Å². The van der Waals surface area contributed by atoms with E-state index in [1.807, 2.05) is 0 Å². The van der Waals surface area contributed by atoms with Crippen LogP contribution in [0.2, 0.25) is 0 Å². The molecule has 10 nitrogen and oxygen atoms in total. The second-order valence-corrected chi connectivity index (χ2v) is 5.10. The summed E-state index contributed by atoms with van der Waals surface area (Å²) < 4.78 is 18.9. The predicted octanol–water partition coefficient (Wildman–Crippen LogP) is 1.80. The fraction of sp³-hybridized carbons (Fsp3) is 0.438. The van der Waals surface area contributed by atoms with Crippen LogP contribution in [0, 0.1) is 13.8 Å².